The highest BCUT2D eigenvalue weighted by Gasteiger charge is 2.49. The Hall–Kier alpha value is -3.50. The van der Waals surface area contributed by atoms with Gasteiger partial charge >= 0.3 is 0 Å². The minimum absolute atomic E-state index is 0.0616. The molecule has 0 radical (unpaired) electrons. The average molecular weight is 459 g/mol. The first kappa shape index (κ1) is 21.4. The number of hydrogen-bond acceptors (Lipinski definition) is 6. The van der Waals surface area contributed by atoms with Crippen molar-refractivity contribution in [3.8, 4) is 5.75 Å². The third kappa shape index (κ3) is 3.33. The summed E-state index contributed by atoms with van der Waals surface area (Å²) in [6.45, 7) is 2.58. The van der Waals surface area contributed by atoms with Gasteiger partial charge in [0, 0.05) is 31.4 Å². The number of halogens is 2. The number of aromatic nitrogens is 2. The quantitative estimate of drug-likeness (QED) is 0.668. The zero-order chi connectivity index (χ0) is 23.4. The Morgan fingerprint density at radius 1 is 1.27 bits per heavy atom. The summed E-state index contributed by atoms with van der Waals surface area (Å²) < 4.78 is 28.2. The first-order valence-electron chi connectivity index (χ1n) is 11.0. The smallest absolute Gasteiger partial charge is 0.278 e. The van der Waals surface area contributed by atoms with Gasteiger partial charge in [-0.15, -0.1) is 0 Å². The number of nitrogens with zero attached hydrogens (tertiary/aromatic N) is 4. The molecule has 2 amide bonds. The van der Waals surface area contributed by atoms with E-state index < -0.39 is 34.9 Å². The number of rotatable bonds is 4. The van der Waals surface area contributed by atoms with E-state index in [0.29, 0.717) is 19.0 Å². The predicted octanol–water partition coefficient (Wildman–Crippen LogP) is 1.33. The lowest BCUT2D eigenvalue weighted by Gasteiger charge is -2.51. The van der Waals surface area contributed by atoms with Crippen molar-refractivity contribution in [1.82, 2.24) is 19.9 Å². The Balaban J connectivity index is 1.51. The Morgan fingerprint density at radius 2 is 2.06 bits per heavy atom. The van der Waals surface area contributed by atoms with Gasteiger partial charge in [-0.2, -0.15) is 13.8 Å². The molecule has 33 heavy (non-hydrogen) atoms. The van der Waals surface area contributed by atoms with Crippen LogP contribution in [0.5, 0.6) is 5.75 Å². The van der Waals surface area contributed by atoms with Crippen molar-refractivity contribution in [1.29, 1.82) is 0 Å². The Morgan fingerprint density at radius 3 is 2.79 bits per heavy atom. The Bertz CT molecular complexity index is 1220. The van der Waals surface area contributed by atoms with E-state index in [0.717, 1.165) is 31.4 Å². The maximum absolute atomic E-state index is 13.8. The largest absolute Gasteiger partial charge is 0.502 e. The molecule has 2 aromatic heterocycles. The monoisotopic (exact) mass is 459 g/mol. The van der Waals surface area contributed by atoms with Gasteiger partial charge in [0.05, 0.1) is 0 Å². The van der Waals surface area contributed by atoms with Crippen molar-refractivity contribution in [3.05, 3.63) is 57.3 Å². The van der Waals surface area contributed by atoms with E-state index in [1.54, 1.807) is 4.90 Å². The zero-order valence-corrected chi connectivity index (χ0v) is 17.9. The molecular weight excluding hydrogens is 436 g/mol. The number of carbonyl (C=O) groups excluding carboxylic acids is 2. The van der Waals surface area contributed by atoms with Crippen LogP contribution in [0.4, 0.5) is 8.78 Å². The summed E-state index contributed by atoms with van der Waals surface area (Å²) in [5.74, 6) is -3.46. The van der Waals surface area contributed by atoms with Crippen LogP contribution < -0.4 is 15.8 Å². The lowest BCUT2D eigenvalue weighted by molar-refractivity contribution is 0.0424. The summed E-state index contributed by atoms with van der Waals surface area (Å²) in [5, 5.41) is 15.0. The molecule has 2 fully saturated rings. The highest BCUT2D eigenvalue weighted by Crippen LogP contribution is 2.43. The summed E-state index contributed by atoms with van der Waals surface area (Å²) in [5.41, 5.74) is -1.58. The van der Waals surface area contributed by atoms with Crippen molar-refractivity contribution in [3.63, 3.8) is 0 Å². The highest BCUT2D eigenvalue weighted by atomic mass is 19.1. The van der Waals surface area contributed by atoms with Crippen LogP contribution in [0.1, 0.15) is 52.6 Å². The van der Waals surface area contributed by atoms with Gasteiger partial charge in [-0.05, 0) is 50.2 Å². The van der Waals surface area contributed by atoms with Crippen LogP contribution in [0.2, 0.25) is 0 Å². The second-order valence-corrected chi connectivity index (χ2v) is 8.75. The standard InChI is InChI=1S/C22H23F2N5O4/c1-2-27-21-12-4-3-11(7-12)9-29(21)28-10-14(17(30)18(31)16(28)22(27)33)20(32)25-8-13-5-6-15(23)26-19(13)24/h5-6,10-12,21,31H,2-4,7-9H2,1H3,(H,25,32)/t11-,12+,21+/m1/s1. The fraction of sp³-hybridized carbons (Fsp3) is 0.455. The summed E-state index contributed by atoms with van der Waals surface area (Å²) in [6, 6.07) is 2.10. The molecule has 3 aliphatic rings. The molecule has 1 saturated heterocycles. The number of aromatic hydroxyl groups is 1. The molecule has 1 aliphatic carbocycles. The maximum Gasteiger partial charge on any atom is 0.278 e. The Kier molecular flexibility index (Phi) is 5.06. The van der Waals surface area contributed by atoms with Gasteiger partial charge < -0.3 is 15.3 Å². The first-order valence-corrected chi connectivity index (χ1v) is 11.0. The number of nitrogens with one attached hydrogen (secondary N) is 1. The van der Waals surface area contributed by atoms with E-state index in [2.05, 4.69) is 10.3 Å². The van der Waals surface area contributed by atoms with Gasteiger partial charge in [-0.3, -0.25) is 24.1 Å². The van der Waals surface area contributed by atoms with E-state index in [-0.39, 0.29) is 35.4 Å². The fourth-order valence-corrected chi connectivity index (χ4v) is 5.38. The van der Waals surface area contributed by atoms with Gasteiger partial charge in [0.25, 0.3) is 11.8 Å². The van der Waals surface area contributed by atoms with Gasteiger partial charge in [-0.25, -0.2) is 0 Å². The number of piperidine rings is 1. The van der Waals surface area contributed by atoms with E-state index in [1.807, 2.05) is 11.9 Å². The second kappa shape index (κ2) is 7.82. The molecule has 9 nitrogen and oxygen atoms in total. The third-order valence-corrected chi connectivity index (χ3v) is 6.89. The highest BCUT2D eigenvalue weighted by molar-refractivity contribution is 5.99. The number of fused-ring (bicyclic) bond motifs is 6. The summed E-state index contributed by atoms with van der Waals surface area (Å²) in [7, 11) is 0. The molecule has 2 aromatic rings. The lowest BCUT2D eigenvalue weighted by Crippen LogP contribution is -2.66. The molecule has 11 heteroatoms. The lowest BCUT2D eigenvalue weighted by atomic mass is 9.94. The van der Waals surface area contributed by atoms with Crippen LogP contribution in [0, 0.1) is 23.7 Å². The summed E-state index contributed by atoms with van der Waals surface area (Å²) in [6.07, 6.45) is 4.09. The first-order chi connectivity index (χ1) is 15.8. The maximum atomic E-state index is 13.8. The molecule has 5 rings (SSSR count). The van der Waals surface area contributed by atoms with Gasteiger partial charge in [0.15, 0.2) is 11.4 Å². The van der Waals surface area contributed by atoms with Crippen LogP contribution in [-0.2, 0) is 6.54 Å². The molecule has 174 valence electrons. The molecule has 3 atom stereocenters. The number of carbonyl (C=O) groups is 2. The van der Waals surface area contributed by atoms with E-state index in [9.17, 15) is 28.3 Å². The summed E-state index contributed by atoms with van der Waals surface area (Å²) in [4.78, 5) is 43.5. The molecule has 4 heterocycles. The van der Waals surface area contributed by atoms with Gasteiger partial charge in [0.1, 0.15) is 11.7 Å². The van der Waals surface area contributed by atoms with E-state index >= 15 is 0 Å². The summed E-state index contributed by atoms with van der Waals surface area (Å²) >= 11 is 0. The number of pyridine rings is 2. The van der Waals surface area contributed by atoms with Crippen molar-refractivity contribution in [2.24, 2.45) is 11.8 Å². The second-order valence-electron chi connectivity index (χ2n) is 8.75. The van der Waals surface area contributed by atoms with Crippen LogP contribution in [0.3, 0.4) is 0 Å². The van der Waals surface area contributed by atoms with Crippen molar-refractivity contribution < 1.29 is 23.5 Å². The van der Waals surface area contributed by atoms with Crippen molar-refractivity contribution in [2.75, 3.05) is 18.1 Å². The molecule has 2 N–H and O–H groups in total. The van der Waals surface area contributed by atoms with E-state index in [1.165, 1.54) is 10.9 Å². The molecule has 0 spiro atoms. The van der Waals surface area contributed by atoms with E-state index in [4.69, 9.17) is 0 Å². The fourth-order valence-electron chi connectivity index (χ4n) is 5.38. The van der Waals surface area contributed by atoms with Crippen molar-refractivity contribution >= 4 is 11.8 Å². The van der Waals surface area contributed by atoms with Crippen LogP contribution in [0.25, 0.3) is 0 Å². The molecule has 2 aliphatic heterocycles. The van der Waals surface area contributed by atoms with Gasteiger partial charge in [0.2, 0.25) is 17.3 Å². The molecule has 2 bridgehead atoms. The van der Waals surface area contributed by atoms with Crippen molar-refractivity contribution in [2.45, 2.75) is 38.9 Å². The SMILES string of the molecule is CCN1C(=O)c2c(O)c(=O)c(C(=O)NCc3ccc(F)nc3F)cn2N2C[C@@H]3CC[C@@H](C3)[C@@H]12. The zero-order valence-electron chi connectivity index (χ0n) is 17.9. The minimum atomic E-state index is -1.07. The molecule has 0 unspecified atom stereocenters. The van der Waals surface area contributed by atoms with Crippen LogP contribution >= 0.6 is 0 Å². The normalized spacial score (nSPS) is 23.4. The number of amides is 2. The third-order valence-electron chi connectivity index (χ3n) is 6.89. The molecule has 1 saturated carbocycles. The average Bonchev–Trinajstić information content (AvgIpc) is 3.17. The van der Waals surface area contributed by atoms with Gasteiger partial charge in [-0.1, -0.05) is 0 Å². The van der Waals surface area contributed by atoms with Crippen LogP contribution in [0.15, 0.2) is 23.1 Å². The Labute approximate surface area is 187 Å². The predicted molar refractivity (Wildman–Crippen MR) is 112 cm³/mol. The topological polar surface area (TPSA) is 108 Å². The minimum Gasteiger partial charge on any atom is -0.502 e. The molecule has 0 aromatic carbocycles. The molecular formula is C22H23F2N5O4. The number of hydrogen-bond donors (Lipinski definition) is 2. The van der Waals surface area contributed by atoms with Crippen LogP contribution in [-0.4, -0.2) is 50.7 Å².